The molecule has 0 amide bonds. The maximum absolute atomic E-state index is 5.58. The smallest absolute Gasteiger partial charge is 0.201 e. The van der Waals surface area contributed by atoms with Gasteiger partial charge in [0, 0.05) is 10.9 Å². The van der Waals surface area contributed by atoms with Gasteiger partial charge in [-0.15, -0.1) is 10.2 Å². The van der Waals surface area contributed by atoms with E-state index >= 15 is 0 Å². The van der Waals surface area contributed by atoms with Gasteiger partial charge in [-0.05, 0) is 24.3 Å². The molecule has 0 N–H and O–H groups in total. The minimum absolute atomic E-state index is 0.323. The van der Waals surface area contributed by atoms with Gasteiger partial charge in [-0.3, -0.25) is 0 Å². The van der Waals surface area contributed by atoms with Crippen LogP contribution in [0.3, 0.4) is 0 Å². The highest BCUT2D eigenvalue weighted by atomic mass is 16.7. The first-order valence-electron chi connectivity index (χ1n) is 7.44. The van der Waals surface area contributed by atoms with Crippen LogP contribution >= 0.6 is 0 Å². The van der Waals surface area contributed by atoms with E-state index in [4.69, 9.17) is 14.5 Å². The third-order valence-corrected chi connectivity index (χ3v) is 3.97. The molecule has 1 saturated heterocycles. The molecule has 0 aliphatic carbocycles. The van der Waals surface area contributed by atoms with Gasteiger partial charge in [-0.25, -0.2) is 9.97 Å². The van der Waals surface area contributed by atoms with E-state index in [9.17, 15) is 0 Å². The van der Waals surface area contributed by atoms with Crippen molar-refractivity contribution >= 4 is 33.1 Å². The lowest BCUT2D eigenvalue weighted by atomic mass is 10.1. The number of ether oxygens (including phenoxy) is 2. The summed E-state index contributed by atoms with van der Waals surface area (Å²) in [6, 6.07) is 13.6. The normalized spacial score (nSPS) is 15.8. The number of para-hydroxylation sites is 2. The van der Waals surface area contributed by atoms with Crippen molar-refractivity contribution in [1.82, 2.24) is 20.2 Å². The molecule has 0 atom stereocenters. The molecule has 3 heterocycles. The van der Waals surface area contributed by atoms with Crippen LogP contribution in [-0.2, 0) is 9.47 Å². The highest BCUT2D eigenvalue weighted by molar-refractivity contribution is 6.02. The zero-order valence-electron chi connectivity index (χ0n) is 12.1. The van der Waals surface area contributed by atoms with Crippen LogP contribution in [-0.4, -0.2) is 33.4 Å². The molecule has 0 radical (unpaired) electrons. The Hall–Kier alpha value is -2.70. The highest BCUT2D eigenvalue weighted by Gasteiger charge is 2.19. The van der Waals surface area contributed by atoms with Crippen molar-refractivity contribution in [1.29, 1.82) is 0 Å². The van der Waals surface area contributed by atoms with Crippen LogP contribution in [0.1, 0.15) is 11.9 Å². The average molecular weight is 304 g/mol. The van der Waals surface area contributed by atoms with Gasteiger partial charge >= 0.3 is 0 Å². The number of rotatable bonds is 1. The lowest BCUT2D eigenvalue weighted by Crippen LogP contribution is -1.99. The van der Waals surface area contributed by atoms with Gasteiger partial charge in [0.1, 0.15) is 5.52 Å². The van der Waals surface area contributed by atoms with Crippen molar-refractivity contribution in [3.8, 4) is 0 Å². The van der Waals surface area contributed by atoms with Crippen LogP contribution in [0.25, 0.3) is 33.1 Å². The fraction of sp³-hybridized carbons (Fsp3) is 0.176. The largest absolute Gasteiger partial charge is 0.346 e. The highest BCUT2D eigenvalue weighted by Crippen LogP contribution is 2.28. The number of hydrogen-bond acceptors (Lipinski definition) is 6. The topological polar surface area (TPSA) is 70.0 Å². The summed E-state index contributed by atoms with van der Waals surface area (Å²) in [5, 5.41) is 9.36. The maximum Gasteiger partial charge on any atom is 0.201 e. The minimum Gasteiger partial charge on any atom is -0.346 e. The number of fused-ring (bicyclic) bond motifs is 4. The van der Waals surface area contributed by atoms with Crippen LogP contribution < -0.4 is 0 Å². The van der Waals surface area contributed by atoms with E-state index in [-0.39, 0.29) is 6.29 Å². The van der Waals surface area contributed by atoms with E-state index in [1.54, 1.807) is 0 Å². The van der Waals surface area contributed by atoms with Gasteiger partial charge < -0.3 is 9.47 Å². The fourth-order valence-electron chi connectivity index (χ4n) is 2.87. The Labute approximate surface area is 131 Å². The lowest BCUT2D eigenvalue weighted by Gasteiger charge is -2.10. The molecular weight excluding hydrogens is 292 g/mol. The summed E-state index contributed by atoms with van der Waals surface area (Å²) in [5.41, 5.74) is 4.68. The van der Waals surface area contributed by atoms with Crippen LogP contribution in [0.5, 0.6) is 0 Å². The Balaban J connectivity index is 1.81. The Bertz CT molecular complexity index is 1040. The molecule has 112 valence electrons. The molecule has 1 aliphatic heterocycles. The van der Waals surface area contributed by atoms with Crippen LogP contribution in [0.15, 0.2) is 42.5 Å². The number of hydrogen-bond donors (Lipinski definition) is 0. The van der Waals surface area contributed by atoms with Crippen molar-refractivity contribution in [3.63, 3.8) is 0 Å². The second-order valence-electron chi connectivity index (χ2n) is 5.43. The van der Waals surface area contributed by atoms with Gasteiger partial charge in [-0.2, -0.15) is 0 Å². The Kier molecular flexibility index (Phi) is 2.73. The third kappa shape index (κ3) is 2.03. The summed E-state index contributed by atoms with van der Waals surface area (Å²) in [4.78, 5) is 9.28. The van der Waals surface area contributed by atoms with Crippen LogP contribution in [0.4, 0.5) is 0 Å². The monoisotopic (exact) mass is 304 g/mol. The molecule has 23 heavy (non-hydrogen) atoms. The second-order valence-corrected chi connectivity index (χ2v) is 5.43. The van der Waals surface area contributed by atoms with Crippen molar-refractivity contribution < 1.29 is 9.47 Å². The van der Waals surface area contributed by atoms with Gasteiger partial charge in [0.25, 0.3) is 0 Å². The summed E-state index contributed by atoms with van der Waals surface area (Å²) in [6.07, 6.45) is -0.323. The Morgan fingerprint density at radius 2 is 1.61 bits per heavy atom. The van der Waals surface area contributed by atoms with Crippen LogP contribution in [0, 0.1) is 0 Å². The first-order valence-corrected chi connectivity index (χ1v) is 7.44. The molecule has 0 unspecified atom stereocenters. The SMILES string of the molecule is c1ccc2nc3c(nnc4ccc(C5OCCO5)cc43)nc2c1. The van der Waals surface area contributed by atoms with E-state index in [1.807, 2.05) is 42.5 Å². The molecule has 0 bridgehead atoms. The number of benzene rings is 2. The summed E-state index contributed by atoms with van der Waals surface area (Å²) < 4.78 is 11.2. The van der Waals surface area contributed by atoms with E-state index < -0.39 is 0 Å². The Morgan fingerprint density at radius 3 is 2.43 bits per heavy atom. The van der Waals surface area contributed by atoms with Crippen molar-refractivity contribution in [2.24, 2.45) is 0 Å². The zero-order chi connectivity index (χ0) is 15.2. The van der Waals surface area contributed by atoms with Crippen molar-refractivity contribution in [3.05, 3.63) is 48.0 Å². The maximum atomic E-state index is 5.58. The molecule has 6 nitrogen and oxygen atoms in total. The quantitative estimate of drug-likeness (QED) is 0.398. The Morgan fingerprint density at radius 1 is 0.826 bits per heavy atom. The number of aromatic nitrogens is 4. The third-order valence-electron chi connectivity index (χ3n) is 3.97. The number of nitrogens with zero attached hydrogens (tertiary/aromatic N) is 4. The van der Waals surface area contributed by atoms with Gasteiger partial charge in [0.15, 0.2) is 6.29 Å². The van der Waals surface area contributed by atoms with E-state index in [0.717, 1.165) is 33.0 Å². The summed E-state index contributed by atoms with van der Waals surface area (Å²) >= 11 is 0. The minimum atomic E-state index is -0.323. The molecule has 1 fully saturated rings. The van der Waals surface area contributed by atoms with E-state index in [1.165, 1.54) is 0 Å². The van der Waals surface area contributed by atoms with E-state index in [0.29, 0.717) is 18.9 Å². The lowest BCUT2D eigenvalue weighted by molar-refractivity contribution is -0.0440. The standard InChI is InChI=1S/C17H12N4O2/c1-2-4-14-13(3-1)18-15-11-9-10(17-22-7-8-23-17)5-6-12(11)20-21-16(15)19-14/h1-6,9,17H,7-8H2. The molecule has 2 aromatic heterocycles. The first-order chi connectivity index (χ1) is 11.4. The van der Waals surface area contributed by atoms with E-state index in [2.05, 4.69) is 15.2 Å². The summed E-state index contributed by atoms with van der Waals surface area (Å²) in [6.45, 7) is 1.23. The molecule has 0 spiro atoms. The van der Waals surface area contributed by atoms with Gasteiger partial charge in [0.2, 0.25) is 5.65 Å². The molecule has 4 aromatic rings. The average Bonchev–Trinajstić information content (AvgIpc) is 3.14. The molecule has 5 rings (SSSR count). The zero-order valence-corrected chi connectivity index (χ0v) is 12.1. The van der Waals surface area contributed by atoms with Gasteiger partial charge in [0.05, 0.1) is 29.8 Å². The molecule has 1 aliphatic rings. The summed E-state index contributed by atoms with van der Waals surface area (Å²) in [5.74, 6) is 0. The molecular formula is C17H12N4O2. The van der Waals surface area contributed by atoms with Crippen molar-refractivity contribution in [2.45, 2.75) is 6.29 Å². The predicted molar refractivity (Wildman–Crippen MR) is 84.8 cm³/mol. The summed E-state index contributed by atoms with van der Waals surface area (Å²) in [7, 11) is 0. The van der Waals surface area contributed by atoms with Gasteiger partial charge in [-0.1, -0.05) is 18.2 Å². The predicted octanol–water partition coefficient (Wildman–Crippen LogP) is 2.77. The van der Waals surface area contributed by atoms with Crippen LogP contribution in [0.2, 0.25) is 0 Å². The van der Waals surface area contributed by atoms with Crippen molar-refractivity contribution in [2.75, 3.05) is 13.2 Å². The molecule has 2 aromatic carbocycles. The second kappa shape index (κ2) is 4.91. The fourth-order valence-corrected chi connectivity index (χ4v) is 2.87. The first kappa shape index (κ1) is 12.8. The molecule has 0 saturated carbocycles. The molecule has 6 heteroatoms.